The van der Waals surface area contributed by atoms with Gasteiger partial charge in [0.25, 0.3) is 5.91 Å². The monoisotopic (exact) mass is 341 g/mol. The number of hydrogen-bond acceptors (Lipinski definition) is 4. The molecular weight excluding hydrogens is 334 g/mol. The lowest BCUT2D eigenvalue weighted by Crippen LogP contribution is -2.40. The summed E-state index contributed by atoms with van der Waals surface area (Å²) in [5.41, 5.74) is 0. The zero-order valence-corrected chi connectivity index (χ0v) is 11.7. The minimum atomic E-state index is -3.15. The van der Waals surface area contributed by atoms with Gasteiger partial charge in [-0.3, -0.25) is 4.79 Å². The predicted molar refractivity (Wildman–Crippen MR) is 66.0 cm³/mol. The quantitative estimate of drug-likeness (QED) is 0.819. The van der Waals surface area contributed by atoms with Gasteiger partial charge in [0.05, 0.1) is 22.9 Å². The highest BCUT2D eigenvalue weighted by Crippen LogP contribution is 2.19. The van der Waals surface area contributed by atoms with E-state index in [0.717, 1.165) is 0 Å². The standard InChI is InChI=1S/C9H9BrClNO4S/c10-8-2-1-7(16-8)9(13)12-6-4-17(14,15)3-5(6)11/h1-2,5-6H,3-4H2,(H,12,13). The molecule has 94 valence electrons. The Balaban J connectivity index is 2.05. The van der Waals surface area contributed by atoms with Crippen molar-refractivity contribution in [1.82, 2.24) is 5.32 Å². The molecule has 1 aromatic heterocycles. The molecule has 1 N–H and O–H groups in total. The molecule has 0 aliphatic carbocycles. The van der Waals surface area contributed by atoms with Gasteiger partial charge in [0.15, 0.2) is 20.3 Å². The van der Waals surface area contributed by atoms with Gasteiger partial charge in [0.2, 0.25) is 0 Å². The zero-order valence-electron chi connectivity index (χ0n) is 8.52. The van der Waals surface area contributed by atoms with Crippen molar-refractivity contribution < 1.29 is 17.6 Å². The van der Waals surface area contributed by atoms with Crippen molar-refractivity contribution in [1.29, 1.82) is 0 Å². The topological polar surface area (TPSA) is 76.4 Å². The van der Waals surface area contributed by atoms with Crippen LogP contribution in [-0.2, 0) is 9.84 Å². The van der Waals surface area contributed by atoms with Crippen molar-refractivity contribution in [3.63, 3.8) is 0 Å². The van der Waals surface area contributed by atoms with Gasteiger partial charge in [0.1, 0.15) is 0 Å². The second kappa shape index (κ2) is 4.62. The number of alkyl halides is 1. The molecule has 0 spiro atoms. The van der Waals surface area contributed by atoms with Gasteiger partial charge in [-0.05, 0) is 28.1 Å². The van der Waals surface area contributed by atoms with E-state index in [1.54, 1.807) is 6.07 Å². The SMILES string of the molecule is O=C(NC1CS(=O)(=O)CC1Cl)c1ccc(Br)o1. The number of sulfone groups is 1. The van der Waals surface area contributed by atoms with Crippen molar-refractivity contribution in [2.24, 2.45) is 0 Å². The van der Waals surface area contributed by atoms with Crippen LogP contribution in [0.1, 0.15) is 10.6 Å². The molecule has 2 heterocycles. The Bertz CT molecular complexity index is 541. The smallest absolute Gasteiger partial charge is 0.287 e. The summed E-state index contributed by atoms with van der Waals surface area (Å²) >= 11 is 8.94. The molecule has 1 aromatic rings. The average molecular weight is 343 g/mol. The maximum Gasteiger partial charge on any atom is 0.287 e. The van der Waals surface area contributed by atoms with Crippen LogP contribution in [0, 0.1) is 0 Å². The van der Waals surface area contributed by atoms with Crippen LogP contribution >= 0.6 is 27.5 Å². The molecule has 5 nitrogen and oxygen atoms in total. The molecule has 1 aliphatic heterocycles. The van der Waals surface area contributed by atoms with E-state index < -0.39 is 27.2 Å². The van der Waals surface area contributed by atoms with Crippen molar-refractivity contribution in [2.75, 3.05) is 11.5 Å². The van der Waals surface area contributed by atoms with E-state index in [0.29, 0.717) is 4.67 Å². The summed E-state index contributed by atoms with van der Waals surface area (Å²) in [6.45, 7) is 0. The van der Waals surface area contributed by atoms with Crippen molar-refractivity contribution in [3.05, 3.63) is 22.6 Å². The fourth-order valence-corrected chi connectivity index (χ4v) is 4.47. The summed E-state index contributed by atoms with van der Waals surface area (Å²) in [7, 11) is -3.15. The Morgan fingerprint density at radius 2 is 2.18 bits per heavy atom. The summed E-state index contributed by atoms with van der Waals surface area (Å²) in [5, 5.41) is 1.95. The van der Waals surface area contributed by atoms with Crippen molar-refractivity contribution >= 4 is 43.3 Å². The van der Waals surface area contributed by atoms with Gasteiger partial charge < -0.3 is 9.73 Å². The second-order valence-electron chi connectivity index (χ2n) is 3.78. The summed E-state index contributed by atoms with van der Waals surface area (Å²) in [5.74, 6) is -0.593. The van der Waals surface area contributed by atoms with Crippen LogP contribution in [0.15, 0.2) is 21.2 Å². The number of amides is 1. The Labute approximate surface area is 112 Å². The molecule has 0 radical (unpaired) electrons. The first-order valence-electron chi connectivity index (χ1n) is 4.78. The van der Waals surface area contributed by atoms with E-state index >= 15 is 0 Å². The number of hydrogen-bond donors (Lipinski definition) is 1. The van der Waals surface area contributed by atoms with E-state index in [4.69, 9.17) is 16.0 Å². The Hall–Kier alpha value is -0.530. The van der Waals surface area contributed by atoms with E-state index in [9.17, 15) is 13.2 Å². The fraction of sp³-hybridized carbons (Fsp3) is 0.444. The molecule has 2 atom stereocenters. The molecule has 1 amide bonds. The lowest BCUT2D eigenvalue weighted by Gasteiger charge is -2.12. The highest BCUT2D eigenvalue weighted by atomic mass is 79.9. The van der Waals surface area contributed by atoms with Crippen molar-refractivity contribution in [3.8, 4) is 0 Å². The normalized spacial score (nSPS) is 26.9. The molecule has 0 bridgehead atoms. The third-order valence-electron chi connectivity index (χ3n) is 2.40. The first kappa shape index (κ1) is 12.9. The molecule has 17 heavy (non-hydrogen) atoms. The Kier molecular flexibility index (Phi) is 3.51. The van der Waals surface area contributed by atoms with Crippen LogP contribution < -0.4 is 5.32 Å². The number of carbonyl (C=O) groups excluding carboxylic acids is 1. The Morgan fingerprint density at radius 3 is 2.65 bits per heavy atom. The third-order valence-corrected chi connectivity index (χ3v) is 5.20. The molecule has 1 fully saturated rings. The average Bonchev–Trinajstić information content (AvgIpc) is 2.71. The van der Waals surface area contributed by atoms with Crippen LogP contribution in [-0.4, -0.2) is 37.2 Å². The first-order chi connectivity index (χ1) is 7.87. The van der Waals surface area contributed by atoms with Crippen LogP contribution in [0.3, 0.4) is 0 Å². The fourth-order valence-electron chi connectivity index (χ4n) is 1.61. The van der Waals surface area contributed by atoms with Gasteiger partial charge >= 0.3 is 0 Å². The maximum absolute atomic E-state index is 11.7. The lowest BCUT2D eigenvalue weighted by atomic mass is 10.2. The van der Waals surface area contributed by atoms with E-state index in [1.165, 1.54) is 6.07 Å². The molecule has 2 unspecified atom stereocenters. The van der Waals surface area contributed by atoms with Gasteiger partial charge in [-0.25, -0.2) is 8.42 Å². The Morgan fingerprint density at radius 1 is 1.47 bits per heavy atom. The van der Waals surface area contributed by atoms with Gasteiger partial charge in [-0.1, -0.05) is 0 Å². The highest BCUT2D eigenvalue weighted by molar-refractivity contribution is 9.10. The second-order valence-corrected chi connectivity index (χ2v) is 7.27. The zero-order chi connectivity index (χ0) is 12.6. The van der Waals surface area contributed by atoms with E-state index in [2.05, 4.69) is 21.2 Å². The number of furan rings is 1. The van der Waals surface area contributed by atoms with Crippen molar-refractivity contribution in [2.45, 2.75) is 11.4 Å². The highest BCUT2D eigenvalue weighted by Gasteiger charge is 2.37. The third kappa shape index (κ3) is 3.02. The number of carbonyl (C=O) groups is 1. The number of nitrogens with one attached hydrogen (secondary N) is 1. The van der Waals surface area contributed by atoms with Crippen LogP contribution in [0.4, 0.5) is 0 Å². The number of rotatable bonds is 2. The predicted octanol–water partition coefficient (Wildman–Crippen LogP) is 1.18. The minimum Gasteiger partial charge on any atom is -0.444 e. The van der Waals surface area contributed by atoms with Crippen LogP contribution in [0.25, 0.3) is 0 Å². The summed E-state index contributed by atoms with van der Waals surface area (Å²) in [6.07, 6.45) is 0. The van der Waals surface area contributed by atoms with Gasteiger partial charge in [0, 0.05) is 0 Å². The summed E-state index contributed by atoms with van der Waals surface area (Å²) in [4.78, 5) is 11.7. The largest absolute Gasteiger partial charge is 0.444 e. The van der Waals surface area contributed by atoms with Gasteiger partial charge in [-0.15, -0.1) is 11.6 Å². The molecule has 0 saturated carbocycles. The number of halogens is 2. The van der Waals surface area contributed by atoms with Crippen LogP contribution in [0.2, 0.25) is 0 Å². The molecular formula is C9H9BrClNO4S. The maximum atomic E-state index is 11.7. The molecule has 0 aromatic carbocycles. The summed E-state index contributed by atoms with van der Waals surface area (Å²) < 4.78 is 28.1. The molecule has 1 saturated heterocycles. The molecule has 8 heteroatoms. The van der Waals surface area contributed by atoms with Gasteiger partial charge in [-0.2, -0.15) is 0 Å². The molecule has 2 rings (SSSR count). The summed E-state index contributed by atoms with van der Waals surface area (Å²) in [6, 6.07) is 2.50. The lowest BCUT2D eigenvalue weighted by molar-refractivity contribution is 0.0912. The van der Waals surface area contributed by atoms with Crippen LogP contribution in [0.5, 0.6) is 0 Å². The minimum absolute atomic E-state index is 0.110. The van der Waals surface area contributed by atoms with E-state index in [1.807, 2.05) is 0 Å². The molecule has 1 aliphatic rings. The van der Waals surface area contributed by atoms with E-state index in [-0.39, 0.29) is 17.3 Å². The first-order valence-corrected chi connectivity index (χ1v) is 7.83.